The Labute approximate surface area is 114 Å². The molecular formula is C6H8KNO3S. The summed E-state index contributed by atoms with van der Waals surface area (Å²) >= 11 is 0. The molecule has 0 aromatic heterocycles. The molecule has 0 saturated heterocycles. The fraction of sp³-hybridized carbons (Fsp3) is 0. The van der Waals surface area contributed by atoms with Gasteiger partial charge in [0.1, 0.15) is 5.75 Å². The van der Waals surface area contributed by atoms with E-state index in [1.807, 2.05) is 0 Å². The van der Waals surface area contributed by atoms with Crippen LogP contribution in [0.5, 0.6) is 5.75 Å². The van der Waals surface area contributed by atoms with Crippen LogP contribution in [-0.2, 0) is 10.3 Å². The van der Waals surface area contributed by atoms with Crippen LogP contribution in [0.3, 0.4) is 0 Å². The summed E-state index contributed by atoms with van der Waals surface area (Å²) in [5.74, 6) is 0.218. The average Bonchev–Trinajstić information content (AvgIpc) is 1.85. The molecule has 12 heavy (non-hydrogen) atoms. The van der Waals surface area contributed by atoms with E-state index in [1.165, 1.54) is 12.1 Å². The summed E-state index contributed by atoms with van der Waals surface area (Å²) < 4.78 is 25.1. The van der Waals surface area contributed by atoms with Crippen molar-refractivity contribution in [2.45, 2.75) is 0 Å². The van der Waals surface area contributed by atoms with Crippen molar-refractivity contribution in [3.63, 3.8) is 0 Å². The van der Waals surface area contributed by atoms with E-state index in [1.54, 1.807) is 18.2 Å². The van der Waals surface area contributed by atoms with Crippen LogP contribution < -0.4 is 9.32 Å². The van der Waals surface area contributed by atoms with Gasteiger partial charge in [0, 0.05) is 0 Å². The standard InChI is InChI=1S/C6H7NO3S.K.H/c7-11(8,9)10-6-4-2-1-3-5-6;;/h1-5H,(H2,7,8,9);;. The van der Waals surface area contributed by atoms with Crippen LogP contribution >= 0.6 is 0 Å². The Kier molecular flexibility index (Phi) is 5.58. The first-order valence-electron chi connectivity index (χ1n) is 2.85. The molecule has 0 bridgehead atoms. The van der Waals surface area contributed by atoms with Crippen molar-refractivity contribution in [3.8, 4) is 5.75 Å². The first-order chi connectivity index (χ1) is 5.08. The van der Waals surface area contributed by atoms with Crippen LogP contribution in [0.25, 0.3) is 0 Å². The Bertz CT molecular complexity index is 324. The average molecular weight is 213 g/mol. The maximum absolute atomic E-state index is 10.4. The molecule has 2 N–H and O–H groups in total. The van der Waals surface area contributed by atoms with Crippen molar-refractivity contribution in [2.75, 3.05) is 0 Å². The van der Waals surface area contributed by atoms with Crippen molar-refractivity contribution in [1.29, 1.82) is 0 Å². The molecule has 1 aromatic rings. The Morgan fingerprint density at radius 3 is 2.08 bits per heavy atom. The Hall–Kier alpha value is 0.566. The zero-order valence-electron chi connectivity index (χ0n) is 5.60. The minimum absolute atomic E-state index is 0. The molecule has 0 unspecified atom stereocenters. The Morgan fingerprint density at radius 1 is 1.17 bits per heavy atom. The van der Waals surface area contributed by atoms with Gasteiger partial charge in [-0.15, -0.1) is 0 Å². The van der Waals surface area contributed by atoms with E-state index in [0.717, 1.165) is 0 Å². The summed E-state index contributed by atoms with van der Waals surface area (Å²) in [6, 6.07) is 8.06. The second kappa shape index (κ2) is 5.33. The SMILES string of the molecule is NS(=O)(=O)Oc1ccccc1.[KH]. The topological polar surface area (TPSA) is 69.4 Å². The van der Waals surface area contributed by atoms with Gasteiger partial charge in [0.05, 0.1) is 0 Å². The molecule has 0 fully saturated rings. The van der Waals surface area contributed by atoms with Crippen molar-refractivity contribution >= 4 is 61.7 Å². The van der Waals surface area contributed by atoms with Crippen molar-refractivity contribution < 1.29 is 12.6 Å². The maximum atomic E-state index is 10.4. The molecule has 0 spiro atoms. The molecule has 0 saturated carbocycles. The van der Waals surface area contributed by atoms with Crippen LogP contribution in [0.1, 0.15) is 0 Å². The summed E-state index contributed by atoms with van der Waals surface area (Å²) in [4.78, 5) is 0. The Morgan fingerprint density at radius 2 is 1.67 bits per heavy atom. The predicted molar refractivity (Wildman–Crippen MR) is 47.3 cm³/mol. The number of benzene rings is 1. The predicted octanol–water partition coefficient (Wildman–Crippen LogP) is -0.380. The first-order valence-corrected chi connectivity index (χ1v) is 4.32. The summed E-state index contributed by atoms with van der Waals surface area (Å²) in [7, 11) is -3.88. The van der Waals surface area contributed by atoms with Crippen LogP contribution in [0, 0.1) is 0 Å². The summed E-state index contributed by atoms with van der Waals surface area (Å²) in [6.07, 6.45) is 0. The summed E-state index contributed by atoms with van der Waals surface area (Å²) in [6.45, 7) is 0. The molecule has 4 nitrogen and oxygen atoms in total. The van der Waals surface area contributed by atoms with Gasteiger partial charge in [-0.2, -0.15) is 13.6 Å². The zero-order valence-corrected chi connectivity index (χ0v) is 6.41. The van der Waals surface area contributed by atoms with E-state index in [0.29, 0.717) is 0 Å². The molecule has 62 valence electrons. The normalized spacial score (nSPS) is 10.1. The number of rotatable bonds is 2. The molecule has 0 aliphatic rings. The number of hydrogen-bond donors (Lipinski definition) is 1. The molecular weight excluding hydrogens is 205 g/mol. The van der Waals surface area contributed by atoms with Gasteiger partial charge in [-0.1, -0.05) is 18.2 Å². The van der Waals surface area contributed by atoms with Crippen LogP contribution in [0.15, 0.2) is 30.3 Å². The first kappa shape index (κ1) is 12.6. The third kappa shape index (κ3) is 5.25. The monoisotopic (exact) mass is 213 g/mol. The zero-order chi connectivity index (χ0) is 8.32. The molecule has 0 atom stereocenters. The molecule has 0 amide bonds. The fourth-order valence-corrected chi connectivity index (χ4v) is 0.990. The van der Waals surface area contributed by atoms with E-state index in [2.05, 4.69) is 9.32 Å². The molecule has 1 rings (SSSR count). The quantitative estimate of drug-likeness (QED) is 0.681. The van der Waals surface area contributed by atoms with Gasteiger partial charge in [-0.05, 0) is 12.1 Å². The van der Waals surface area contributed by atoms with E-state index in [4.69, 9.17) is 0 Å². The van der Waals surface area contributed by atoms with Gasteiger partial charge in [0.2, 0.25) is 0 Å². The van der Waals surface area contributed by atoms with E-state index < -0.39 is 10.3 Å². The van der Waals surface area contributed by atoms with Crippen molar-refractivity contribution in [3.05, 3.63) is 30.3 Å². The van der Waals surface area contributed by atoms with Crippen LogP contribution in [0.2, 0.25) is 0 Å². The third-order valence-electron chi connectivity index (χ3n) is 0.956. The van der Waals surface area contributed by atoms with Gasteiger partial charge in [-0.25, -0.2) is 0 Å². The van der Waals surface area contributed by atoms with E-state index in [9.17, 15) is 8.42 Å². The summed E-state index contributed by atoms with van der Waals surface area (Å²) in [5.41, 5.74) is 0. The van der Waals surface area contributed by atoms with Gasteiger partial charge in [0.15, 0.2) is 0 Å². The second-order valence-electron chi connectivity index (χ2n) is 1.89. The van der Waals surface area contributed by atoms with Crippen LogP contribution in [0.4, 0.5) is 0 Å². The van der Waals surface area contributed by atoms with Crippen molar-refractivity contribution in [1.82, 2.24) is 0 Å². The molecule has 0 heterocycles. The molecule has 0 radical (unpaired) electrons. The molecule has 0 aliphatic carbocycles. The summed E-state index contributed by atoms with van der Waals surface area (Å²) in [5, 5.41) is 4.62. The van der Waals surface area contributed by atoms with Gasteiger partial charge < -0.3 is 4.18 Å². The fourth-order valence-electron chi connectivity index (χ4n) is 0.610. The molecule has 6 heteroatoms. The van der Waals surface area contributed by atoms with Crippen molar-refractivity contribution in [2.24, 2.45) is 5.14 Å². The van der Waals surface area contributed by atoms with Gasteiger partial charge in [0.25, 0.3) is 0 Å². The van der Waals surface area contributed by atoms with E-state index in [-0.39, 0.29) is 57.1 Å². The van der Waals surface area contributed by atoms with Gasteiger partial charge in [-0.3, -0.25) is 0 Å². The number of para-hydroxylation sites is 1. The molecule has 0 aliphatic heterocycles. The van der Waals surface area contributed by atoms with E-state index >= 15 is 0 Å². The third-order valence-corrected chi connectivity index (χ3v) is 1.38. The Balaban J connectivity index is 0.00000121. The number of nitrogens with two attached hydrogens (primary N) is 1. The second-order valence-corrected chi connectivity index (χ2v) is 3.04. The number of hydrogen-bond acceptors (Lipinski definition) is 3. The minimum atomic E-state index is -3.88. The molecule has 1 aromatic carbocycles. The van der Waals surface area contributed by atoms with Gasteiger partial charge >= 0.3 is 61.7 Å². The van der Waals surface area contributed by atoms with Crippen LogP contribution in [-0.4, -0.2) is 59.8 Å².